The zero-order valence-electron chi connectivity index (χ0n) is 11.8. The molecule has 0 fully saturated rings. The Hall–Kier alpha value is -1.85. The highest BCUT2D eigenvalue weighted by Gasteiger charge is 2.34. The molecule has 0 bridgehead atoms. The Morgan fingerprint density at radius 2 is 1.91 bits per heavy atom. The number of hydrogen-bond acceptors (Lipinski definition) is 5. The number of thioether (sulfide) groups is 1. The third-order valence-electron chi connectivity index (χ3n) is 4.11. The van der Waals surface area contributed by atoms with Crippen molar-refractivity contribution >= 4 is 44.2 Å². The number of hydrogen-bond donors (Lipinski definition) is 0. The lowest BCUT2D eigenvalue weighted by Gasteiger charge is -2.20. The first-order valence-corrected chi connectivity index (χ1v) is 9.12. The maximum Gasteiger partial charge on any atom is 0.207 e. The van der Waals surface area contributed by atoms with E-state index in [1.165, 1.54) is 20.9 Å². The van der Waals surface area contributed by atoms with Gasteiger partial charge in [-0.3, -0.25) is 0 Å². The second kappa shape index (κ2) is 4.83. The number of rotatable bonds is 1. The number of thiazole rings is 1. The van der Waals surface area contributed by atoms with Crippen molar-refractivity contribution in [2.75, 3.05) is 17.3 Å². The molecule has 0 spiro atoms. The van der Waals surface area contributed by atoms with Crippen LogP contribution in [0.15, 0.2) is 58.5 Å². The van der Waals surface area contributed by atoms with E-state index in [0.29, 0.717) is 5.92 Å². The van der Waals surface area contributed by atoms with Crippen molar-refractivity contribution in [3.05, 3.63) is 54.1 Å². The summed E-state index contributed by atoms with van der Waals surface area (Å²) in [7, 11) is 0. The smallest absolute Gasteiger partial charge is 0.207 e. The van der Waals surface area contributed by atoms with E-state index >= 15 is 0 Å². The van der Waals surface area contributed by atoms with Crippen LogP contribution in [0, 0.1) is 5.92 Å². The van der Waals surface area contributed by atoms with Gasteiger partial charge in [0, 0.05) is 22.1 Å². The maximum atomic E-state index is 4.90. The molecule has 5 heteroatoms. The molecule has 0 aliphatic carbocycles. The molecule has 3 aromatic rings. The van der Waals surface area contributed by atoms with Gasteiger partial charge in [0.2, 0.25) is 5.13 Å². The van der Waals surface area contributed by atoms with Gasteiger partial charge in [-0.2, -0.15) is 5.10 Å². The van der Waals surface area contributed by atoms with Gasteiger partial charge in [0.25, 0.3) is 0 Å². The minimum atomic E-state index is 0.506. The third-order valence-corrected chi connectivity index (χ3v) is 6.40. The van der Waals surface area contributed by atoms with Crippen LogP contribution in [0.25, 0.3) is 10.2 Å². The quantitative estimate of drug-likeness (QED) is 0.670. The molecule has 1 aromatic heterocycles. The molecule has 0 radical (unpaired) electrons. The highest BCUT2D eigenvalue weighted by molar-refractivity contribution is 7.99. The topological polar surface area (TPSA) is 28.5 Å². The second-order valence-electron chi connectivity index (χ2n) is 5.54. The lowest BCUT2D eigenvalue weighted by Crippen LogP contribution is -2.24. The lowest BCUT2D eigenvalue weighted by molar-refractivity contribution is 0.779. The van der Waals surface area contributed by atoms with E-state index in [4.69, 9.17) is 10.1 Å². The van der Waals surface area contributed by atoms with Crippen molar-refractivity contribution in [2.45, 2.75) is 4.90 Å². The molecule has 0 saturated heterocycles. The predicted molar refractivity (Wildman–Crippen MR) is 94.2 cm³/mol. The van der Waals surface area contributed by atoms with Crippen molar-refractivity contribution in [1.82, 2.24) is 4.98 Å². The Morgan fingerprint density at radius 3 is 2.86 bits per heavy atom. The Bertz CT molecular complexity index is 867. The maximum absolute atomic E-state index is 4.90. The van der Waals surface area contributed by atoms with E-state index in [1.54, 1.807) is 11.3 Å². The van der Waals surface area contributed by atoms with Crippen LogP contribution < -0.4 is 5.01 Å². The van der Waals surface area contributed by atoms with Gasteiger partial charge in [-0.1, -0.05) is 41.7 Å². The molecule has 0 N–H and O–H groups in total. The number of hydrazone groups is 1. The van der Waals surface area contributed by atoms with Gasteiger partial charge in [0.05, 0.1) is 22.5 Å². The van der Waals surface area contributed by atoms with Crippen molar-refractivity contribution in [2.24, 2.45) is 11.0 Å². The highest BCUT2D eigenvalue weighted by atomic mass is 32.2. The monoisotopic (exact) mass is 323 g/mol. The van der Waals surface area contributed by atoms with Crippen molar-refractivity contribution < 1.29 is 0 Å². The number of fused-ring (bicyclic) bond motifs is 4. The largest absolute Gasteiger partial charge is 0.238 e. The summed E-state index contributed by atoms with van der Waals surface area (Å²) in [5.41, 5.74) is 3.59. The SMILES string of the molecule is c1ccc2c(c1)SCC1CN(c3nc4ccccc4s3)N=C21. The average Bonchev–Trinajstić information content (AvgIpc) is 3.18. The summed E-state index contributed by atoms with van der Waals surface area (Å²) in [6.45, 7) is 0.941. The molecule has 0 amide bonds. The molecule has 1 atom stereocenters. The van der Waals surface area contributed by atoms with E-state index < -0.39 is 0 Å². The molecule has 2 aromatic carbocycles. The van der Waals surface area contributed by atoms with Crippen LogP contribution >= 0.6 is 23.1 Å². The van der Waals surface area contributed by atoms with Gasteiger partial charge in [0.1, 0.15) is 0 Å². The molecular formula is C17H13N3S2. The van der Waals surface area contributed by atoms with Gasteiger partial charge >= 0.3 is 0 Å². The van der Waals surface area contributed by atoms with E-state index in [2.05, 4.69) is 47.5 Å². The van der Waals surface area contributed by atoms with Crippen LogP contribution in [0.4, 0.5) is 5.13 Å². The van der Waals surface area contributed by atoms with E-state index in [9.17, 15) is 0 Å². The van der Waals surface area contributed by atoms with Gasteiger partial charge in [-0.25, -0.2) is 9.99 Å². The number of benzene rings is 2. The van der Waals surface area contributed by atoms with Gasteiger partial charge in [-0.15, -0.1) is 11.8 Å². The van der Waals surface area contributed by atoms with Crippen LogP contribution in [-0.2, 0) is 0 Å². The van der Waals surface area contributed by atoms with Gasteiger partial charge in [-0.05, 0) is 18.2 Å². The molecule has 1 unspecified atom stereocenters. The summed E-state index contributed by atoms with van der Waals surface area (Å²) in [6, 6.07) is 16.9. The molecule has 5 rings (SSSR count). The fourth-order valence-electron chi connectivity index (χ4n) is 3.04. The van der Waals surface area contributed by atoms with Gasteiger partial charge < -0.3 is 0 Å². The molecule has 3 heterocycles. The van der Waals surface area contributed by atoms with Crippen LogP contribution in [0.3, 0.4) is 0 Å². The molecule has 0 saturated carbocycles. The summed E-state index contributed by atoms with van der Waals surface area (Å²) < 4.78 is 1.22. The fourth-order valence-corrected chi connectivity index (χ4v) is 5.11. The van der Waals surface area contributed by atoms with Crippen LogP contribution in [0.1, 0.15) is 5.56 Å². The third kappa shape index (κ3) is 1.89. The summed E-state index contributed by atoms with van der Waals surface area (Å²) in [5, 5.41) is 8.00. The Kier molecular flexibility index (Phi) is 2.78. The predicted octanol–water partition coefficient (Wildman–Crippen LogP) is 4.24. The molecule has 2 aliphatic rings. The normalized spacial score (nSPS) is 19.9. The number of nitrogens with zero attached hydrogens (tertiary/aromatic N) is 3. The average molecular weight is 323 g/mol. The first-order chi connectivity index (χ1) is 10.9. The summed E-state index contributed by atoms with van der Waals surface area (Å²) in [5.74, 6) is 1.61. The fraction of sp³-hybridized carbons (Fsp3) is 0.176. The summed E-state index contributed by atoms with van der Waals surface area (Å²) in [6.07, 6.45) is 0. The van der Waals surface area contributed by atoms with E-state index in [0.717, 1.165) is 22.9 Å². The Labute approximate surface area is 136 Å². The number of anilines is 1. The first-order valence-electron chi connectivity index (χ1n) is 7.32. The van der Waals surface area contributed by atoms with Crippen LogP contribution in [0.2, 0.25) is 0 Å². The van der Waals surface area contributed by atoms with E-state index in [1.807, 2.05) is 17.8 Å². The Morgan fingerprint density at radius 1 is 1.05 bits per heavy atom. The zero-order valence-corrected chi connectivity index (χ0v) is 13.4. The molecule has 3 nitrogen and oxygen atoms in total. The number of aromatic nitrogens is 1. The minimum absolute atomic E-state index is 0.506. The van der Waals surface area contributed by atoms with Crippen molar-refractivity contribution in [3.8, 4) is 0 Å². The first kappa shape index (κ1) is 12.7. The molecule has 22 heavy (non-hydrogen) atoms. The molecule has 2 aliphatic heterocycles. The van der Waals surface area contributed by atoms with E-state index in [-0.39, 0.29) is 0 Å². The molecule has 108 valence electrons. The number of para-hydroxylation sites is 1. The molecular weight excluding hydrogens is 310 g/mol. The lowest BCUT2D eigenvalue weighted by atomic mass is 9.99. The minimum Gasteiger partial charge on any atom is -0.238 e. The van der Waals surface area contributed by atoms with Gasteiger partial charge in [0.15, 0.2) is 0 Å². The van der Waals surface area contributed by atoms with Crippen LogP contribution in [-0.4, -0.2) is 23.0 Å². The van der Waals surface area contributed by atoms with Crippen molar-refractivity contribution in [3.63, 3.8) is 0 Å². The standard InChI is InChI=1S/C17H13N3S2/c1-3-7-14-12(5-1)16-11(10-21-14)9-20(19-16)17-18-13-6-2-4-8-15(13)22-17/h1-8,11H,9-10H2. The van der Waals surface area contributed by atoms with Crippen molar-refractivity contribution in [1.29, 1.82) is 0 Å². The second-order valence-corrected chi connectivity index (χ2v) is 7.61. The summed E-state index contributed by atoms with van der Waals surface area (Å²) in [4.78, 5) is 6.09. The Balaban J connectivity index is 1.57. The highest BCUT2D eigenvalue weighted by Crippen LogP contribution is 2.39. The van der Waals surface area contributed by atoms with Crippen LogP contribution in [0.5, 0.6) is 0 Å². The summed E-state index contributed by atoms with van der Waals surface area (Å²) >= 11 is 3.67. The zero-order chi connectivity index (χ0) is 14.5.